The maximum Gasteiger partial charge on any atom is 0.233 e. The summed E-state index contributed by atoms with van der Waals surface area (Å²) in [6, 6.07) is 5.97. The van der Waals surface area contributed by atoms with E-state index in [2.05, 4.69) is 22.8 Å². The van der Waals surface area contributed by atoms with E-state index < -0.39 is 0 Å². The standard InChI is InChI=1S/C21H26N2O3S/c1-3-23-20(24)18-8-7-17(27-18)14-13-21(9-11-22-12-10-21)26-16-6-4-5-15(25-2)19(14)16/h4-7,13,18,22H,3,8-12H2,1-2H3,(H,23,24)/t18-/m0/s1. The molecule has 0 aliphatic carbocycles. The van der Waals surface area contributed by atoms with Crippen LogP contribution >= 0.6 is 11.8 Å². The minimum atomic E-state index is -0.287. The molecule has 6 heteroatoms. The summed E-state index contributed by atoms with van der Waals surface area (Å²) in [5, 5.41) is 6.29. The predicted molar refractivity (Wildman–Crippen MR) is 109 cm³/mol. The molecule has 3 heterocycles. The highest BCUT2D eigenvalue weighted by molar-refractivity contribution is 8.05. The summed E-state index contributed by atoms with van der Waals surface area (Å²) in [5.74, 6) is 1.79. The molecule has 0 aromatic heterocycles. The molecule has 27 heavy (non-hydrogen) atoms. The van der Waals surface area contributed by atoms with Gasteiger partial charge in [-0.05, 0) is 44.6 Å². The number of fused-ring (bicyclic) bond motifs is 1. The van der Waals surface area contributed by atoms with Crippen molar-refractivity contribution < 1.29 is 14.3 Å². The zero-order valence-electron chi connectivity index (χ0n) is 15.8. The Labute approximate surface area is 164 Å². The molecule has 5 nitrogen and oxygen atoms in total. The fourth-order valence-corrected chi connectivity index (χ4v) is 5.16. The first-order valence-electron chi connectivity index (χ1n) is 9.60. The molecule has 1 aromatic carbocycles. The van der Waals surface area contributed by atoms with Crippen LogP contribution < -0.4 is 20.1 Å². The third-order valence-corrected chi connectivity index (χ3v) is 6.67. The van der Waals surface area contributed by atoms with Gasteiger partial charge in [0.05, 0.1) is 17.9 Å². The Morgan fingerprint density at radius 3 is 2.96 bits per heavy atom. The summed E-state index contributed by atoms with van der Waals surface area (Å²) < 4.78 is 12.1. The average Bonchev–Trinajstić information content (AvgIpc) is 3.18. The van der Waals surface area contributed by atoms with Gasteiger partial charge in [0.15, 0.2) is 0 Å². The van der Waals surface area contributed by atoms with Crippen molar-refractivity contribution in [3.05, 3.63) is 40.8 Å². The van der Waals surface area contributed by atoms with Crippen molar-refractivity contribution >= 4 is 23.2 Å². The van der Waals surface area contributed by atoms with Crippen molar-refractivity contribution in [1.29, 1.82) is 0 Å². The van der Waals surface area contributed by atoms with E-state index in [1.54, 1.807) is 18.9 Å². The topological polar surface area (TPSA) is 59.6 Å². The van der Waals surface area contributed by atoms with Crippen LogP contribution in [0.1, 0.15) is 31.7 Å². The van der Waals surface area contributed by atoms with Crippen molar-refractivity contribution in [2.75, 3.05) is 26.7 Å². The van der Waals surface area contributed by atoms with Gasteiger partial charge in [-0.1, -0.05) is 12.1 Å². The lowest BCUT2D eigenvalue weighted by Gasteiger charge is -2.40. The van der Waals surface area contributed by atoms with E-state index in [1.165, 1.54) is 0 Å². The number of ether oxygens (including phenoxy) is 2. The van der Waals surface area contributed by atoms with Crippen LogP contribution in [0.4, 0.5) is 0 Å². The third kappa shape index (κ3) is 3.48. The smallest absolute Gasteiger partial charge is 0.233 e. The summed E-state index contributed by atoms with van der Waals surface area (Å²) in [5.41, 5.74) is 1.86. The molecule has 1 spiro atoms. The van der Waals surface area contributed by atoms with Crippen molar-refractivity contribution in [3.63, 3.8) is 0 Å². The fraction of sp³-hybridized carbons (Fsp3) is 0.476. The van der Waals surface area contributed by atoms with Gasteiger partial charge in [0.1, 0.15) is 17.1 Å². The van der Waals surface area contributed by atoms with Gasteiger partial charge in [-0.2, -0.15) is 0 Å². The second-order valence-corrected chi connectivity index (χ2v) is 8.36. The molecule has 0 unspecified atom stereocenters. The van der Waals surface area contributed by atoms with E-state index in [9.17, 15) is 4.79 Å². The van der Waals surface area contributed by atoms with Gasteiger partial charge >= 0.3 is 0 Å². The minimum Gasteiger partial charge on any atom is -0.496 e. The van der Waals surface area contributed by atoms with Crippen LogP contribution in [0.2, 0.25) is 0 Å². The molecule has 3 aliphatic heterocycles. The first-order chi connectivity index (χ1) is 13.2. The van der Waals surface area contributed by atoms with Gasteiger partial charge in [-0.3, -0.25) is 4.79 Å². The molecule has 0 radical (unpaired) electrons. The molecule has 3 aliphatic rings. The van der Waals surface area contributed by atoms with Crippen LogP contribution in [-0.4, -0.2) is 43.5 Å². The molecule has 0 bridgehead atoms. The minimum absolute atomic E-state index is 0.0641. The Hall–Kier alpha value is -1.92. The van der Waals surface area contributed by atoms with Crippen molar-refractivity contribution in [3.8, 4) is 11.5 Å². The molecule has 2 N–H and O–H groups in total. The number of carbonyl (C=O) groups excluding carboxylic acids is 1. The fourth-order valence-electron chi connectivity index (χ4n) is 3.99. The van der Waals surface area contributed by atoms with Crippen molar-refractivity contribution in [2.24, 2.45) is 0 Å². The number of hydrogen-bond acceptors (Lipinski definition) is 5. The lowest BCUT2D eigenvalue weighted by molar-refractivity contribution is -0.120. The van der Waals surface area contributed by atoms with Crippen LogP contribution in [0.3, 0.4) is 0 Å². The molecule has 0 saturated carbocycles. The van der Waals surface area contributed by atoms with Crippen molar-refractivity contribution in [2.45, 2.75) is 37.0 Å². The van der Waals surface area contributed by atoms with E-state index in [0.717, 1.165) is 59.9 Å². The first kappa shape index (κ1) is 18.4. The second kappa shape index (κ2) is 7.60. The monoisotopic (exact) mass is 386 g/mol. The summed E-state index contributed by atoms with van der Waals surface area (Å²) in [6.07, 6.45) is 7.09. The predicted octanol–water partition coefficient (Wildman–Crippen LogP) is 3.12. The van der Waals surface area contributed by atoms with Gasteiger partial charge in [-0.15, -0.1) is 11.8 Å². The van der Waals surface area contributed by atoms with Crippen LogP contribution in [0.25, 0.3) is 5.57 Å². The third-order valence-electron chi connectivity index (χ3n) is 5.34. The Morgan fingerprint density at radius 2 is 2.22 bits per heavy atom. The highest BCUT2D eigenvalue weighted by Crippen LogP contribution is 2.51. The highest BCUT2D eigenvalue weighted by Gasteiger charge is 2.40. The molecule has 1 fully saturated rings. The molecule has 1 saturated heterocycles. The number of rotatable bonds is 4. The maximum atomic E-state index is 12.3. The van der Waals surface area contributed by atoms with E-state index >= 15 is 0 Å². The van der Waals surface area contributed by atoms with Crippen LogP contribution in [0.15, 0.2) is 35.3 Å². The van der Waals surface area contributed by atoms with E-state index in [-0.39, 0.29) is 16.8 Å². The number of piperidine rings is 1. The molecule has 1 amide bonds. The average molecular weight is 387 g/mol. The number of thioether (sulfide) groups is 1. The van der Waals surface area contributed by atoms with Gasteiger partial charge < -0.3 is 20.1 Å². The van der Waals surface area contributed by atoms with Crippen molar-refractivity contribution in [1.82, 2.24) is 10.6 Å². The lowest BCUT2D eigenvalue weighted by Crippen LogP contribution is -2.46. The molecule has 1 atom stereocenters. The van der Waals surface area contributed by atoms with Crippen LogP contribution in [-0.2, 0) is 4.79 Å². The molecule has 144 valence electrons. The molecular formula is C21H26N2O3S. The van der Waals surface area contributed by atoms with Crippen LogP contribution in [0.5, 0.6) is 11.5 Å². The Bertz CT molecular complexity index is 797. The van der Waals surface area contributed by atoms with Gasteiger partial charge in [0.25, 0.3) is 0 Å². The number of amides is 1. The SMILES string of the molecule is CCNC(=O)[C@@H]1CC=C(C2=CC3(CCNCC3)Oc3cccc(OC)c32)S1. The van der Waals surface area contributed by atoms with E-state index in [4.69, 9.17) is 9.47 Å². The van der Waals surface area contributed by atoms with Gasteiger partial charge in [-0.25, -0.2) is 0 Å². The molecule has 4 rings (SSSR count). The lowest BCUT2D eigenvalue weighted by atomic mass is 9.85. The van der Waals surface area contributed by atoms with Gasteiger partial charge in [0.2, 0.25) is 5.91 Å². The maximum absolute atomic E-state index is 12.3. The second-order valence-electron chi connectivity index (χ2n) is 7.11. The Kier molecular flexibility index (Phi) is 5.19. The number of allylic oxidation sites excluding steroid dienone is 2. The highest BCUT2D eigenvalue weighted by atomic mass is 32.2. The number of methoxy groups -OCH3 is 1. The number of benzene rings is 1. The Morgan fingerprint density at radius 1 is 1.41 bits per heavy atom. The number of carbonyl (C=O) groups is 1. The van der Waals surface area contributed by atoms with Crippen LogP contribution in [0, 0.1) is 0 Å². The quantitative estimate of drug-likeness (QED) is 0.833. The number of hydrogen-bond donors (Lipinski definition) is 2. The summed E-state index contributed by atoms with van der Waals surface area (Å²) in [4.78, 5) is 13.4. The first-order valence-corrected chi connectivity index (χ1v) is 10.5. The number of nitrogens with one attached hydrogen (secondary N) is 2. The molecule has 1 aromatic rings. The summed E-state index contributed by atoms with van der Waals surface area (Å²) >= 11 is 1.65. The zero-order valence-corrected chi connectivity index (χ0v) is 16.7. The van der Waals surface area contributed by atoms with E-state index in [1.807, 2.05) is 25.1 Å². The summed E-state index contributed by atoms with van der Waals surface area (Å²) in [6.45, 7) is 4.50. The molecular weight excluding hydrogens is 360 g/mol. The Balaban J connectivity index is 1.71. The zero-order chi connectivity index (χ0) is 18.9. The largest absolute Gasteiger partial charge is 0.496 e. The van der Waals surface area contributed by atoms with E-state index in [0.29, 0.717) is 6.54 Å². The van der Waals surface area contributed by atoms with Gasteiger partial charge in [0, 0.05) is 29.9 Å². The summed E-state index contributed by atoms with van der Waals surface area (Å²) in [7, 11) is 1.69. The normalized spacial score (nSPS) is 23.1.